The van der Waals surface area contributed by atoms with Crippen molar-refractivity contribution in [2.24, 2.45) is 0 Å². The number of para-hydroxylation sites is 1. The number of benzene rings is 3. The lowest BCUT2D eigenvalue weighted by Crippen LogP contribution is -2.47. The molecule has 9 heteroatoms. The number of ether oxygens (including phenoxy) is 2. The number of carbonyl (C=O) groups is 2. The van der Waals surface area contributed by atoms with E-state index in [4.69, 9.17) is 9.47 Å². The van der Waals surface area contributed by atoms with Gasteiger partial charge in [0.2, 0.25) is 5.91 Å². The number of non-ortho nitro benzene ring substituents is 1. The summed E-state index contributed by atoms with van der Waals surface area (Å²) in [7, 11) is 3.14. The summed E-state index contributed by atoms with van der Waals surface area (Å²) in [6, 6.07) is 18.0. The van der Waals surface area contributed by atoms with Crippen molar-refractivity contribution < 1.29 is 24.0 Å². The Bertz CT molecular complexity index is 1330. The minimum atomic E-state index is -0.667. The van der Waals surface area contributed by atoms with Crippen molar-refractivity contribution in [1.82, 2.24) is 4.90 Å². The zero-order valence-electron chi connectivity index (χ0n) is 19.9. The second-order valence-corrected chi connectivity index (χ2v) is 8.77. The van der Waals surface area contributed by atoms with E-state index in [1.807, 2.05) is 23.1 Å². The summed E-state index contributed by atoms with van der Waals surface area (Å²) >= 11 is 0. The highest BCUT2D eigenvalue weighted by Gasteiger charge is 2.46. The third-order valence-corrected chi connectivity index (χ3v) is 6.87. The smallest absolute Gasteiger partial charge is 0.269 e. The lowest BCUT2D eigenvalue weighted by molar-refractivity contribution is -0.384. The highest BCUT2D eigenvalue weighted by atomic mass is 16.6. The van der Waals surface area contributed by atoms with E-state index in [2.05, 4.69) is 0 Å². The third kappa shape index (κ3) is 3.97. The normalized spacial score (nSPS) is 19.8. The third-order valence-electron chi connectivity index (χ3n) is 6.87. The molecule has 3 aromatic carbocycles. The van der Waals surface area contributed by atoms with E-state index in [1.54, 1.807) is 50.6 Å². The molecule has 0 aliphatic carbocycles. The molecule has 5 rings (SSSR count). The number of nitrogens with zero attached hydrogens (tertiary/aromatic N) is 3. The summed E-state index contributed by atoms with van der Waals surface area (Å²) in [4.78, 5) is 40.7. The predicted octanol–water partition coefficient (Wildman–Crippen LogP) is 3.89. The van der Waals surface area contributed by atoms with Gasteiger partial charge in [-0.15, -0.1) is 0 Å². The molecule has 0 spiro atoms. The van der Waals surface area contributed by atoms with Crippen LogP contribution in [0.4, 0.5) is 11.4 Å². The van der Waals surface area contributed by atoms with Crippen LogP contribution in [0.15, 0.2) is 66.7 Å². The summed E-state index contributed by atoms with van der Waals surface area (Å²) < 4.78 is 11.0. The molecular formula is C27H25N3O6. The molecular weight excluding hydrogens is 462 g/mol. The first kappa shape index (κ1) is 23.5. The molecule has 0 aromatic heterocycles. The number of anilines is 1. The number of hydrogen-bond donors (Lipinski definition) is 0. The van der Waals surface area contributed by atoms with Gasteiger partial charge in [0.1, 0.15) is 0 Å². The van der Waals surface area contributed by atoms with Crippen molar-refractivity contribution in [3.63, 3.8) is 0 Å². The Labute approximate surface area is 208 Å². The maximum atomic E-state index is 13.6. The fourth-order valence-electron chi connectivity index (χ4n) is 5.17. The molecule has 2 aliphatic heterocycles. The van der Waals surface area contributed by atoms with Crippen molar-refractivity contribution in [2.75, 3.05) is 25.7 Å². The lowest BCUT2D eigenvalue weighted by atomic mass is 9.86. The van der Waals surface area contributed by atoms with Crippen LogP contribution in [0.1, 0.15) is 29.2 Å². The fourth-order valence-corrected chi connectivity index (χ4v) is 5.17. The van der Waals surface area contributed by atoms with Crippen LogP contribution >= 0.6 is 0 Å². The van der Waals surface area contributed by atoms with Gasteiger partial charge in [-0.3, -0.25) is 24.6 Å². The average molecular weight is 488 g/mol. The van der Waals surface area contributed by atoms with Gasteiger partial charge in [0.25, 0.3) is 11.6 Å². The van der Waals surface area contributed by atoms with Gasteiger partial charge >= 0.3 is 0 Å². The van der Waals surface area contributed by atoms with Gasteiger partial charge in [0, 0.05) is 18.7 Å². The molecule has 2 atom stereocenters. The van der Waals surface area contributed by atoms with Crippen LogP contribution in [-0.4, -0.2) is 48.4 Å². The molecule has 1 fully saturated rings. The number of fused-ring (bicyclic) bond motifs is 1. The first-order valence-electron chi connectivity index (χ1n) is 11.6. The standard InChI is InChI=1S/C27H25N3O6/c1-35-23-14-18-12-13-28(22-16-25(31)29(27(22)32)19-6-4-3-5-7-19)26(21(18)15-24(23)36-2)17-8-10-20(11-9-17)30(33)34/h3-11,14-15,22,26H,12-13,16H2,1-2H3. The van der Waals surface area contributed by atoms with Crippen molar-refractivity contribution in [2.45, 2.75) is 24.9 Å². The molecule has 0 bridgehead atoms. The van der Waals surface area contributed by atoms with E-state index in [1.165, 1.54) is 17.0 Å². The Morgan fingerprint density at radius 3 is 2.25 bits per heavy atom. The van der Waals surface area contributed by atoms with Crippen LogP contribution in [0.25, 0.3) is 0 Å². The SMILES string of the molecule is COc1cc2c(cc1OC)C(c1ccc([N+](=O)[O-])cc1)N(C1CC(=O)N(c3ccccc3)C1=O)CC2. The van der Waals surface area contributed by atoms with Crippen LogP contribution in [0.2, 0.25) is 0 Å². The maximum Gasteiger partial charge on any atom is 0.269 e. The van der Waals surface area contributed by atoms with Gasteiger partial charge in [-0.2, -0.15) is 0 Å². The number of hydrogen-bond acceptors (Lipinski definition) is 7. The van der Waals surface area contributed by atoms with Gasteiger partial charge in [-0.1, -0.05) is 30.3 Å². The number of nitro groups is 1. The number of methoxy groups -OCH3 is 2. The van der Waals surface area contributed by atoms with E-state index < -0.39 is 17.0 Å². The molecule has 3 aromatic rings. The molecule has 9 nitrogen and oxygen atoms in total. The number of rotatable bonds is 6. The molecule has 2 aliphatic rings. The van der Waals surface area contributed by atoms with E-state index >= 15 is 0 Å². The van der Waals surface area contributed by atoms with E-state index in [-0.39, 0.29) is 23.9 Å². The van der Waals surface area contributed by atoms with Gasteiger partial charge in [0.05, 0.1) is 43.3 Å². The van der Waals surface area contributed by atoms with Crippen molar-refractivity contribution in [3.05, 3.63) is 93.5 Å². The summed E-state index contributed by atoms with van der Waals surface area (Å²) in [5.41, 5.74) is 3.25. The van der Waals surface area contributed by atoms with Crippen LogP contribution in [0, 0.1) is 10.1 Å². The van der Waals surface area contributed by atoms with E-state index in [0.29, 0.717) is 30.2 Å². The zero-order chi connectivity index (χ0) is 25.4. The number of amides is 2. The Balaban J connectivity index is 1.59. The summed E-state index contributed by atoms with van der Waals surface area (Å²) in [5, 5.41) is 11.2. The van der Waals surface area contributed by atoms with Crippen molar-refractivity contribution in [1.29, 1.82) is 0 Å². The maximum absolute atomic E-state index is 13.6. The first-order chi connectivity index (χ1) is 17.4. The van der Waals surface area contributed by atoms with E-state index in [0.717, 1.165) is 16.7 Å². The minimum Gasteiger partial charge on any atom is -0.493 e. The fraction of sp³-hybridized carbons (Fsp3) is 0.259. The Hall–Kier alpha value is -4.24. The van der Waals surface area contributed by atoms with Gasteiger partial charge in [-0.25, -0.2) is 4.90 Å². The topological polar surface area (TPSA) is 102 Å². The number of nitro benzene ring substituents is 1. The van der Waals surface area contributed by atoms with Crippen LogP contribution in [-0.2, 0) is 16.0 Å². The summed E-state index contributed by atoms with van der Waals surface area (Å²) in [5.74, 6) is 0.623. The monoisotopic (exact) mass is 487 g/mol. The van der Waals surface area contributed by atoms with Crippen molar-refractivity contribution >= 4 is 23.2 Å². The van der Waals surface area contributed by atoms with Gasteiger partial charge in [-0.05, 0) is 47.4 Å². The van der Waals surface area contributed by atoms with Crippen LogP contribution < -0.4 is 14.4 Å². The molecule has 184 valence electrons. The predicted molar refractivity (Wildman–Crippen MR) is 132 cm³/mol. The molecule has 2 heterocycles. The lowest BCUT2D eigenvalue weighted by Gasteiger charge is -2.40. The van der Waals surface area contributed by atoms with Gasteiger partial charge < -0.3 is 9.47 Å². The number of imide groups is 1. The van der Waals surface area contributed by atoms with Crippen LogP contribution in [0.5, 0.6) is 11.5 Å². The molecule has 1 saturated heterocycles. The first-order valence-corrected chi connectivity index (χ1v) is 11.6. The summed E-state index contributed by atoms with van der Waals surface area (Å²) in [6.45, 7) is 0.524. The molecule has 2 amide bonds. The molecule has 0 saturated carbocycles. The Morgan fingerprint density at radius 1 is 0.944 bits per heavy atom. The zero-order valence-corrected chi connectivity index (χ0v) is 19.9. The van der Waals surface area contributed by atoms with Crippen LogP contribution in [0.3, 0.4) is 0 Å². The average Bonchev–Trinajstić information content (AvgIpc) is 3.20. The second-order valence-electron chi connectivity index (χ2n) is 8.77. The van der Waals surface area contributed by atoms with Gasteiger partial charge in [0.15, 0.2) is 11.5 Å². The molecule has 2 unspecified atom stereocenters. The van der Waals surface area contributed by atoms with E-state index in [9.17, 15) is 19.7 Å². The Morgan fingerprint density at radius 2 is 1.61 bits per heavy atom. The number of carbonyl (C=O) groups excluding carboxylic acids is 2. The molecule has 0 radical (unpaired) electrons. The Kier molecular flexibility index (Phi) is 6.15. The molecule has 0 N–H and O–H groups in total. The largest absolute Gasteiger partial charge is 0.493 e. The van der Waals surface area contributed by atoms with Crippen molar-refractivity contribution in [3.8, 4) is 11.5 Å². The second kappa shape index (κ2) is 9.43. The highest BCUT2D eigenvalue weighted by molar-refractivity contribution is 6.22. The molecule has 36 heavy (non-hydrogen) atoms. The quantitative estimate of drug-likeness (QED) is 0.295. The minimum absolute atomic E-state index is 0.0176. The summed E-state index contributed by atoms with van der Waals surface area (Å²) in [6.07, 6.45) is 0.697. The highest BCUT2D eigenvalue weighted by Crippen LogP contribution is 2.43.